The third-order valence-corrected chi connectivity index (χ3v) is 4.10. The van der Waals surface area contributed by atoms with Crippen molar-refractivity contribution in [2.45, 2.75) is 25.2 Å². The molecule has 3 aromatic rings. The van der Waals surface area contributed by atoms with Gasteiger partial charge in [0, 0.05) is 29.4 Å². The number of rotatable bonds is 4. The molecule has 0 spiro atoms. The molecule has 2 aromatic heterocycles. The Balaban J connectivity index is 1.68. The number of fused-ring (bicyclic) bond motifs is 1. The lowest BCUT2D eigenvalue weighted by molar-refractivity contribution is 0.102. The molecule has 0 atom stereocenters. The molecular formula is C17H12F4N4O. The first-order valence-corrected chi connectivity index (χ1v) is 7.87. The Morgan fingerprint density at radius 3 is 2.58 bits per heavy atom. The van der Waals surface area contributed by atoms with E-state index in [-0.39, 0.29) is 28.6 Å². The number of anilines is 1. The van der Waals surface area contributed by atoms with Crippen LogP contribution in [0.15, 0.2) is 30.3 Å². The van der Waals surface area contributed by atoms with Crippen molar-refractivity contribution < 1.29 is 22.4 Å². The maximum atomic E-state index is 13.3. The van der Waals surface area contributed by atoms with Crippen LogP contribution in [0.2, 0.25) is 0 Å². The molecule has 1 amide bonds. The van der Waals surface area contributed by atoms with Crippen molar-refractivity contribution >= 4 is 17.2 Å². The largest absolute Gasteiger partial charge is 0.320 e. The molecule has 134 valence electrons. The van der Waals surface area contributed by atoms with Crippen LogP contribution in [-0.2, 0) is 0 Å². The predicted molar refractivity (Wildman–Crippen MR) is 84.2 cm³/mol. The second kappa shape index (κ2) is 6.08. The molecule has 2 heterocycles. The lowest BCUT2D eigenvalue weighted by atomic mass is 10.2. The van der Waals surface area contributed by atoms with Gasteiger partial charge >= 0.3 is 0 Å². The molecule has 0 radical (unpaired) electrons. The van der Waals surface area contributed by atoms with Gasteiger partial charge in [-0.25, -0.2) is 27.1 Å². The van der Waals surface area contributed by atoms with Crippen molar-refractivity contribution in [2.24, 2.45) is 0 Å². The van der Waals surface area contributed by atoms with Gasteiger partial charge in [-0.3, -0.25) is 4.79 Å². The molecule has 26 heavy (non-hydrogen) atoms. The van der Waals surface area contributed by atoms with Gasteiger partial charge in [-0.05, 0) is 31.0 Å². The standard InChI is InChI=1S/C17H12F4N4O/c18-10-4-3-9(5-11(10)19)22-17(26)13-7-15-23-12(8-1-2-8)6-14(16(20)21)25(15)24-13/h3-8,16H,1-2H2,(H,22,26). The Labute approximate surface area is 144 Å². The molecule has 5 nitrogen and oxygen atoms in total. The molecule has 0 unspecified atom stereocenters. The Bertz CT molecular complexity index is 1010. The summed E-state index contributed by atoms with van der Waals surface area (Å²) in [6, 6.07) is 5.45. The predicted octanol–water partition coefficient (Wildman–Crippen LogP) is 4.07. The molecule has 1 aromatic carbocycles. The van der Waals surface area contributed by atoms with E-state index in [0.717, 1.165) is 29.5 Å². The van der Waals surface area contributed by atoms with Gasteiger partial charge in [-0.15, -0.1) is 0 Å². The Morgan fingerprint density at radius 1 is 1.15 bits per heavy atom. The molecule has 4 rings (SSSR count). The summed E-state index contributed by atoms with van der Waals surface area (Å²) in [5, 5.41) is 6.23. The molecule has 1 N–H and O–H groups in total. The number of carbonyl (C=O) groups excluding carboxylic acids is 1. The molecule has 9 heteroatoms. The van der Waals surface area contributed by atoms with Crippen LogP contribution in [0.25, 0.3) is 5.65 Å². The van der Waals surface area contributed by atoms with E-state index in [2.05, 4.69) is 15.4 Å². The van der Waals surface area contributed by atoms with Crippen LogP contribution in [0.1, 0.15) is 47.1 Å². The summed E-state index contributed by atoms with van der Waals surface area (Å²) in [5.41, 5.74) is 0.216. The third kappa shape index (κ3) is 3.00. The van der Waals surface area contributed by atoms with Crippen molar-refractivity contribution in [3.8, 4) is 0 Å². The normalized spacial score (nSPS) is 14.2. The Hall–Kier alpha value is -2.97. The third-order valence-electron chi connectivity index (χ3n) is 4.10. The molecule has 1 fully saturated rings. The number of amides is 1. The first-order valence-electron chi connectivity index (χ1n) is 7.87. The van der Waals surface area contributed by atoms with Gasteiger partial charge in [0.1, 0.15) is 5.69 Å². The summed E-state index contributed by atoms with van der Waals surface area (Å²) in [5.74, 6) is -2.75. The zero-order chi connectivity index (χ0) is 18.4. The zero-order valence-electron chi connectivity index (χ0n) is 13.2. The number of benzene rings is 1. The number of halogens is 4. The number of hydrogen-bond donors (Lipinski definition) is 1. The van der Waals surface area contributed by atoms with Crippen molar-refractivity contribution in [1.82, 2.24) is 14.6 Å². The van der Waals surface area contributed by atoms with Crippen LogP contribution in [0.5, 0.6) is 0 Å². The van der Waals surface area contributed by atoms with Crippen molar-refractivity contribution in [3.05, 3.63) is 59.0 Å². The average Bonchev–Trinajstić information content (AvgIpc) is 3.35. The summed E-state index contributed by atoms with van der Waals surface area (Å²) < 4.78 is 53.8. The highest BCUT2D eigenvalue weighted by atomic mass is 19.3. The summed E-state index contributed by atoms with van der Waals surface area (Å²) in [6.07, 6.45) is -0.993. The first kappa shape index (κ1) is 16.5. The number of aromatic nitrogens is 3. The second-order valence-corrected chi connectivity index (χ2v) is 6.06. The van der Waals surface area contributed by atoms with E-state index in [1.807, 2.05) is 0 Å². The average molecular weight is 364 g/mol. The van der Waals surface area contributed by atoms with E-state index in [1.54, 1.807) is 0 Å². The molecular weight excluding hydrogens is 352 g/mol. The van der Waals surface area contributed by atoms with E-state index in [1.165, 1.54) is 18.2 Å². The smallest absolute Gasteiger partial charge is 0.280 e. The van der Waals surface area contributed by atoms with E-state index in [4.69, 9.17) is 0 Å². The monoisotopic (exact) mass is 364 g/mol. The van der Waals surface area contributed by atoms with Crippen LogP contribution >= 0.6 is 0 Å². The molecule has 0 saturated heterocycles. The highest BCUT2D eigenvalue weighted by Crippen LogP contribution is 2.40. The van der Waals surface area contributed by atoms with E-state index >= 15 is 0 Å². The fourth-order valence-corrected chi connectivity index (χ4v) is 2.64. The molecule has 1 saturated carbocycles. The maximum Gasteiger partial charge on any atom is 0.280 e. The first-order chi connectivity index (χ1) is 12.4. The molecule has 1 aliphatic carbocycles. The van der Waals surface area contributed by atoms with Crippen LogP contribution in [0.3, 0.4) is 0 Å². The number of carbonyl (C=O) groups is 1. The number of alkyl halides is 2. The van der Waals surface area contributed by atoms with Crippen LogP contribution in [0, 0.1) is 11.6 Å². The topological polar surface area (TPSA) is 59.3 Å². The SMILES string of the molecule is O=C(Nc1ccc(F)c(F)c1)c1cc2nc(C3CC3)cc(C(F)F)n2n1. The maximum absolute atomic E-state index is 13.3. The summed E-state index contributed by atoms with van der Waals surface area (Å²) in [4.78, 5) is 16.6. The van der Waals surface area contributed by atoms with Gasteiger partial charge in [-0.2, -0.15) is 5.10 Å². The highest BCUT2D eigenvalue weighted by Gasteiger charge is 2.28. The van der Waals surface area contributed by atoms with Crippen LogP contribution in [-0.4, -0.2) is 20.5 Å². The van der Waals surface area contributed by atoms with Gasteiger partial charge in [0.05, 0.1) is 0 Å². The lowest BCUT2D eigenvalue weighted by Gasteiger charge is -2.06. The van der Waals surface area contributed by atoms with Gasteiger partial charge < -0.3 is 5.32 Å². The lowest BCUT2D eigenvalue weighted by Crippen LogP contribution is -2.13. The van der Waals surface area contributed by atoms with Gasteiger partial charge in [-0.1, -0.05) is 0 Å². The summed E-state index contributed by atoms with van der Waals surface area (Å²) in [7, 11) is 0. The van der Waals surface area contributed by atoms with Crippen LogP contribution in [0.4, 0.5) is 23.2 Å². The fourth-order valence-electron chi connectivity index (χ4n) is 2.64. The number of nitrogens with one attached hydrogen (secondary N) is 1. The molecule has 0 bridgehead atoms. The minimum absolute atomic E-state index is 0.0201. The van der Waals surface area contributed by atoms with Gasteiger partial charge in [0.15, 0.2) is 23.0 Å². The van der Waals surface area contributed by atoms with Gasteiger partial charge in [0.2, 0.25) is 0 Å². The van der Waals surface area contributed by atoms with E-state index in [0.29, 0.717) is 5.69 Å². The summed E-state index contributed by atoms with van der Waals surface area (Å²) in [6.45, 7) is 0. The number of hydrogen-bond acceptors (Lipinski definition) is 3. The zero-order valence-corrected chi connectivity index (χ0v) is 13.2. The molecule has 1 aliphatic rings. The quantitative estimate of drug-likeness (QED) is 0.710. The van der Waals surface area contributed by atoms with Crippen molar-refractivity contribution in [2.75, 3.05) is 5.32 Å². The van der Waals surface area contributed by atoms with Crippen molar-refractivity contribution in [1.29, 1.82) is 0 Å². The second-order valence-electron chi connectivity index (χ2n) is 6.06. The van der Waals surface area contributed by atoms with Gasteiger partial charge in [0.25, 0.3) is 12.3 Å². The fraction of sp³-hybridized carbons (Fsp3) is 0.235. The molecule has 0 aliphatic heterocycles. The van der Waals surface area contributed by atoms with E-state index in [9.17, 15) is 22.4 Å². The highest BCUT2D eigenvalue weighted by molar-refractivity contribution is 6.03. The van der Waals surface area contributed by atoms with Crippen LogP contribution < -0.4 is 5.32 Å². The minimum Gasteiger partial charge on any atom is -0.320 e. The summed E-state index contributed by atoms with van der Waals surface area (Å²) >= 11 is 0. The van der Waals surface area contributed by atoms with E-state index < -0.39 is 24.0 Å². The number of nitrogens with zero attached hydrogens (tertiary/aromatic N) is 3. The Kier molecular flexibility index (Phi) is 3.86. The minimum atomic E-state index is -2.78. The van der Waals surface area contributed by atoms with Crippen molar-refractivity contribution in [3.63, 3.8) is 0 Å². The Morgan fingerprint density at radius 2 is 1.92 bits per heavy atom.